The summed E-state index contributed by atoms with van der Waals surface area (Å²) in [4.78, 5) is 40.2. The normalized spacial score (nSPS) is 36.4. The van der Waals surface area contributed by atoms with Crippen LogP contribution in [0, 0.1) is 30.6 Å². The fraction of sp³-hybridized carbons (Fsp3) is 0.526. The lowest BCUT2D eigenvalue weighted by Crippen LogP contribution is -2.46. The van der Waals surface area contributed by atoms with E-state index in [1.165, 1.54) is 4.90 Å². The predicted molar refractivity (Wildman–Crippen MR) is 105 cm³/mol. The van der Waals surface area contributed by atoms with Crippen LogP contribution in [0.5, 0.6) is 0 Å². The number of nitrogens with zero attached hydrogens (tertiary/aromatic N) is 1. The second kappa shape index (κ2) is 6.44. The van der Waals surface area contributed by atoms with E-state index >= 15 is 0 Å². The minimum absolute atomic E-state index is 0.155. The van der Waals surface area contributed by atoms with Crippen LogP contribution in [0.25, 0.3) is 0 Å². The van der Waals surface area contributed by atoms with Crippen LogP contribution in [0.4, 0.5) is 5.69 Å². The summed E-state index contributed by atoms with van der Waals surface area (Å²) in [6.45, 7) is 3.57. The quantitative estimate of drug-likeness (QED) is 0.530. The van der Waals surface area contributed by atoms with Gasteiger partial charge in [-0.1, -0.05) is 44.0 Å². The molecule has 0 unspecified atom stereocenters. The fourth-order valence-corrected chi connectivity index (χ4v) is 6.71. The maximum Gasteiger partial charge on any atom is 0.247 e. The lowest BCUT2D eigenvalue weighted by atomic mass is 9.81. The Hall–Kier alpha value is -1.21. The molecule has 0 radical (unpaired) electrons. The van der Waals surface area contributed by atoms with E-state index < -0.39 is 6.04 Å². The van der Waals surface area contributed by atoms with E-state index in [2.05, 4.69) is 37.2 Å². The van der Waals surface area contributed by atoms with Gasteiger partial charge >= 0.3 is 0 Å². The van der Waals surface area contributed by atoms with Crippen LogP contribution < -0.4 is 5.32 Å². The van der Waals surface area contributed by atoms with Gasteiger partial charge in [-0.25, -0.2) is 0 Å². The molecule has 1 aliphatic heterocycles. The molecule has 2 bridgehead atoms. The highest BCUT2D eigenvalue weighted by Gasteiger charge is 2.67. The standard InChI is InChI=1S/C19H20Br2N2O3/c1-8-4-3-5-10(6-8)22-17(24)9(2)23-18(25)13-11-7-12(14(13)19(23)26)16(21)15(11)20/h3-6,9,11-16H,7H2,1-2H3,(H,22,24)/t9-,11+,12+,13-,14+,15-,16+/m1/s1. The molecule has 26 heavy (non-hydrogen) atoms. The summed E-state index contributed by atoms with van der Waals surface area (Å²) in [6.07, 6.45) is 0.885. The number of imide groups is 1. The lowest BCUT2D eigenvalue weighted by molar-refractivity contribution is -0.146. The van der Waals surface area contributed by atoms with E-state index in [4.69, 9.17) is 0 Å². The maximum atomic E-state index is 13.0. The number of benzene rings is 1. The van der Waals surface area contributed by atoms with Crippen LogP contribution in [0.1, 0.15) is 18.9 Å². The fourth-order valence-electron chi connectivity index (χ4n) is 4.84. The van der Waals surface area contributed by atoms with Gasteiger partial charge in [-0.3, -0.25) is 19.3 Å². The SMILES string of the molecule is Cc1cccc(NC(=O)[C@@H](C)N2C(=O)[C@@H]3[C@@H]4C[C@H]([C@H](Br)[C@@H]4Br)[C@@H]3C2=O)c1. The van der Waals surface area contributed by atoms with Crippen LogP contribution >= 0.6 is 31.9 Å². The molecule has 138 valence electrons. The molecule has 5 nitrogen and oxygen atoms in total. The average molecular weight is 484 g/mol. The van der Waals surface area contributed by atoms with Crippen molar-refractivity contribution in [3.05, 3.63) is 29.8 Å². The van der Waals surface area contributed by atoms with Crippen LogP contribution in [-0.4, -0.2) is 38.3 Å². The summed E-state index contributed by atoms with van der Waals surface area (Å²) in [7, 11) is 0. The third-order valence-electron chi connectivity index (χ3n) is 6.07. The molecule has 7 heteroatoms. The largest absolute Gasteiger partial charge is 0.324 e. The number of rotatable bonds is 3. The van der Waals surface area contributed by atoms with Gasteiger partial charge in [0.25, 0.3) is 0 Å². The number of aryl methyl sites for hydroxylation is 1. The van der Waals surface area contributed by atoms with Crippen molar-refractivity contribution in [2.75, 3.05) is 5.32 Å². The van der Waals surface area contributed by atoms with E-state index in [0.29, 0.717) is 5.69 Å². The third-order valence-corrected chi connectivity index (χ3v) is 9.28. The van der Waals surface area contributed by atoms with Gasteiger partial charge in [0.05, 0.1) is 11.8 Å². The first-order valence-corrected chi connectivity index (χ1v) is 10.7. The zero-order chi connectivity index (χ0) is 18.7. The number of carbonyl (C=O) groups excluding carboxylic acids is 3. The molecule has 2 saturated carbocycles. The van der Waals surface area contributed by atoms with Gasteiger partial charge in [-0.05, 0) is 49.8 Å². The molecule has 1 aromatic carbocycles. The van der Waals surface area contributed by atoms with Gasteiger partial charge in [0, 0.05) is 15.3 Å². The Bertz CT molecular complexity index is 767. The van der Waals surface area contributed by atoms with Gasteiger partial charge in [0.1, 0.15) is 6.04 Å². The van der Waals surface area contributed by atoms with E-state index in [-0.39, 0.29) is 51.0 Å². The highest BCUT2D eigenvalue weighted by Crippen LogP contribution is 2.60. The number of amides is 3. The topological polar surface area (TPSA) is 66.5 Å². The number of carbonyl (C=O) groups is 3. The number of likely N-dealkylation sites (tertiary alicyclic amines) is 1. The predicted octanol–water partition coefficient (Wildman–Crippen LogP) is 3.10. The van der Waals surface area contributed by atoms with Crippen molar-refractivity contribution in [1.29, 1.82) is 0 Å². The van der Waals surface area contributed by atoms with Gasteiger partial charge < -0.3 is 5.32 Å². The van der Waals surface area contributed by atoms with E-state index in [0.717, 1.165) is 12.0 Å². The van der Waals surface area contributed by atoms with E-state index in [1.54, 1.807) is 13.0 Å². The smallest absolute Gasteiger partial charge is 0.247 e. The number of nitrogens with one attached hydrogen (secondary N) is 1. The number of fused-ring (bicyclic) bond motifs is 5. The molecular formula is C19H20Br2N2O3. The first-order chi connectivity index (χ1) is 12.3. The lowest BCUT2D eigenvalue weighted by Gasteiger charge is -2.28. The summed E-state index contributed by atoms with van der Waals surface area (Å²) >= 11 is 7.35. The Morgan fingerprint density at radius 3 is 2.27 bits per heavy atom. The first kappa shape index (κ1) is 18.2. The molecule has 0 aromatic heterocycles. The minimum atomic E-state index is -0.817. The summed E-state index contributed by atoms with van der Waals surface area (Å²) in [5.74, 6) is -0.993. The second-order valence-corrected chi connectivity index (χ2v) is 9.70. The molecule has 0 spiro atoms. The zero-order valence-electron chi connectivity index (χ0n) is 14.5. The van der Waals surface area contributed by atoms with Crippen molar-refractivity contribution >= 4 is 55.3 Å². The van der Waals surface area contributed by atoms with Gasteiger partial charge in [-0.2, -0.15) is 0 Å². The average Bonchev–Trinajstić information content (AvgIpc) is 3.19. The molecular weight excluding hydrogens is 464 g/mol. The maximum absolute atomic E-state index is 13.0. The summed E-state index contributed by atoms with van der Waals surface area (Å²) in [6, 6.07) is 6.64. The second-order valence-electron chi connectivity index (χ2n) is 7.59. The van der Waals surface area contributed by atoms with Crippen LogP contribution in [0.15, 0.2) is 24.3 Å². The number of alkyl halides is 2. The van der Waals surface area contributed by atoms with E-state index in [1.807, 2.05) is 25.1 Å². The number of hydrogen-bond donors (Lipinski definition) is 1. The summed E-state index contributed by atoms with van der Waals surface area (Å²) in [5.41, 5.74) is 1.70. The molecule has 1 heterocycles. The van der Waals surface area contributed by atoms with Crippen LogP contribution in [0.2, 0.25) is 0 Å². The van der Waals surface area contributed by atoms with Gasteiger partial charge in [-0.15, -0.1) is 0 Å². The molecule has 1 N–H and O–H groups in total. The molecule has 1 saturated heterocycles. The van der Waals surface area contributed by atoms with Crippen molar-refractivity contribution in [2.24, 2.45) is 23.7 Å². The van der Waals surface area contributed by atoms with Crippen molar-refractivity contribution in [3.8, 4) is 0 Å². The Morgan fingerprint density at radius 1 is 1.15 bits per heavy atom. The van der Waals surface area contributed by atoms with Crippen molar-refractivity contribution < 1.29 is 14.4 Å². The summed E-state index contributed by atoms with van der Waals surface area (Å²) < 4.78 is 0. The number of hydrogen-bond acceptors (Lipinski definition) is 3. The molecule has 3 amide bonds. The molecule has 7 atom stereocenters. The third kappa shape index (κ3) is 2.58. The van der Waals surface area contributed by atoms with E-state index in [9.17, 15) is 14.4 Å². The Morgan fingerprint density at radius 2 is 1.73 bits per heavy atom. The van der Waals surface area contributed by atoms with Crippen molar-refractivity contribution in [2.45, 2.75) is 36.0 Å². The Balaban J connectivity index is 1.54. The summed E-state index contributed by atoms with van der Waals surface area (Å²) in [5, 5.41) is 2.82. The minimum Gasteiger partial charge on any atom is -0.324 e. The van der Waals surface area contributed by atoms with Crippen molar-refractivity contribution in [1.82, 2.24) is 4.90 Å². The van der Waals surface area contributed by atoms with Gasteiger partial charge in [0.2, 0.25) is 17.7 Å². The Kier molecular flexibility index (Phi) is 4.50. The van der Waals surface area contributed by atoms with Crippen LogP contribution in [0.3, 0.4) is 0 Å². The first-order valence-electron chi connectivity index (χ1n) is 8.84. The zero-order valence-corrected chi connectivity index (χ0v) is 17.7. The highest BCUT2D eigenvalue weighted by molar-refractivity contribution is 9.12. The number of anilines is 1. The Labute approximate surface area is 169 Å². The molecule has 3 aliphatic rings. The van der Waals surface area contributed by atoms with Gasteiger partial charge in [0.15, 0.2) is 0 Å². The van der Waals surface area contributed by atoms with Crippen molar-refractivity contribution in [3.63, 3.8) is 0 Å². The van der Waals surface area contributed by atoms with Crippen LogP contribution in [-0.2, 0) is 14.4 Å². The molecule has 1 aromatic rings. The molecule has 4 rings (SSSR count). The number of halogens is 2. The molecule has 3 fully saturated rings. The molecule has 2 aliphatic carbocycles. The monoisotopic (exact) mass is 482 g/mol. The highest BCUT2D eigenvalue weighted by atomic mass is 79.9.